The molecule has 0 amide bonds. The molecule has 0 bridgehead atoms. The molecule has 4 rings (SSSR count). The number of nitrogens with zero attached hydrogens (tertiary/aromatic N) is 2. The van der Waals surface area contributed by atoms with E-state index in [1.54, 1.807) is 24.3 Å². The second kappa shape index (κ2) is 7.05. The summed E-state index contributed by atoms with van der Waals surface area (Å²) < 4.78 is 48.5. The summed E-state index contributed by atoms with van der Waals surface area (Å²) in [5, 5.41) is 4.36. The van der Waals surface area contributed by atoms with Gasteiger partial charge in [0.1, 0.15) is 17.1 Å². The predicted octanol–water partition coefficient (Wildman–Crippen LogP) is 5.03. The van der Waals surface area contributed by atoms with Gasteiger partial charge in [-0.25, -0.2) is 4.68 Å². The Morgan fingerprint density at radius 1 is 1.03 bits per heavy atom. The number of aromatic amines is 1. The van der Waals surface area contributed by atoms with Crippen LogP contribution >= 0.6 is 0 Å². The second-order valence-electron chi connectivity index (χ2n) is 6.97. The molecule has 0 aliphatic rings. The summed E-state index contributed by atoms with van der Waals surface area (Å²) in [6.07, 6.45) is -4.74. The van der Waals surface area contributed by atoms with E-state index in [9.17, 15) is 18.0 Å². The van der Waals surface area contributed by atoms with Crippen molar-refractivity contribution in [1.29, 1.82) is 0 Å². The molecule has 0 atom stereocenters. The molecule has 2 aromatic heterocycles. The summed E-state index contributed by atoms with van der Waals surface area (Å²) in [4.78, 5) is 14.7. The smallest absolute Gasteiger partial charge is 0.417 e. The van der Waals surface area contributed by atoms with E-state index in [-0.39, 0.29) is 16.7 Å². The van der Waals surface area contributed by atoms with Crippen molar-refractivity contribution in [1.82, 2.24) is 14.8 Å². The van der Waals surface area contributed by atoms with Crippen LogP contribution in [0.3, 0.4) is 0 Å². The number of fused-ring (bicyclic) bond motifs is 1. The number of benzene rings is 2. The minimum absolute atomic E-state index is 0.0202. The molecule has 30 heavy (non-hydrogen) atoms. The zero-order valence-electron chi connectivity index (χ0n) is 16.5. The van der Waals surface area contributed by atoms with Crippen LogP contribution in [0.15, 0.2) is 53.3 Å². The number of aryl methyl sites for hydroxylation is 2. The van der Waals surface area contributed by atoms with Crippen LogP contribution in [-0.4, -0.2) is 21.9 Å². The van der Waals surface area contributed by atoms with Gasteiger partial charge < -0.3 is 9.72 Å². The first-order valence-corrected chi connectivity index (χ1v) is 9.15. The number of methoxy groups -OCH3 is 1. The first-order valence-electron chi connectivity index (χ1n) is 9.15. The molecule has 4 aromatic rings. The predicted molar refractivity (Wildman–Crippen MR) is 108 cm³/mol. The first-order chi connectivity index (χ1) is 14.2. The van der Waals surface area contributed by atoms with Crippen LogP contribution < -0.4 is 10.3 Å². The summed E-state index contributed by atoms with van der Waals surface area (Å²) in [5.41, 5.74) is 0.787. The Kier molecular flexibility index (Phi) is 4.64. The van der Waals surface area contributed by atoms with Crippen LogP contribution in [0.2, 0.25) is 0 Å². The SMILES string of the molecule is COc1ccccc1-c1nn(-c2c(C)cccc2C)c2[nH]c(=O)cc(C(F)(F)F)c12. The molecular weight excluding hydrogens is 395 g/mol. The Labute approximate surface area is 169 Å². The van der Waals surface area contributed by atoms with Gasteiger partial charge in [0.15, 0.2) is 0 Å². The standard InChI is InChI=1S/C22H18F3N3O2/c1-12-7-6-8-13(2)20(12)28-21-18(15(22(23,24)25)11-17(29)26-21)19(27-28)14-9-4-5-10-16(14)30-3/h4-11H,1-3H3,(H,26,29). The maximum Gasteiger partial charge on any atom is 0.417 e. The van der Waals surface area contributed by atoms with Crippen LogP contribution in [0, 0.1) is 13.8 Å². The second-order valence-corrected chi connectivity index (χ2v) is 6.97. The molecule has 1 N–H and O–H groups in total. The van der Waals surface area contributed by atoms with Gasteiger partial charge in [0.25, 0.3) is 0 Å². The van der Waals surface area contributed by atoms with E-state index in [1.807, 2.05) is 32.0 Å². The van der Waals surface area contributed by atoms with Gasteiger partial charge in [0.05, 0.1) is 23.7 Å². The third-order valence-corrected chi connectivity index (χ3v) is 4.99. The number of hydrogen-bond acceptors (Lipinski definition) is 3. The maximum atomic E-state index is 13.9. The van der Waals surface area contributed by atoms with Gasteiger partial charge in [-0.15, -0.1) is 0 Å². The number of nitrogens with one attached hydrogen (secondary N) is 1. The lowest BCUT2D eigenvalue weighted by Gasteiger charge is -2.11. The van der Waals surface area contributed by atoms with E-state index >= 15 is 0 Å². The zero-order valence-corrected chi connectivity index (χ0v) is 16.5. The van der Waals surface area contributed by atoms with Gasteiger partial charge in [0, 0.05) is 11.6 Å². The number of para-hydroxylation sites is 2. The van der Waals surface area contributed by atoms with Crippen LogP contribution in [0.25, 0.3) is 28.0 Å². The quantitative estimate of drug-likeness (QED) is 0.513. The fourth-order valence-electron chi connectivity index (χ4n) is 3.70. The fraction of sp³-hybridized carbons (Fsp3) is 0.182. The van der Waals surface area contributed by atoms with Crippen molar-refractivity contribution in [3.05, 3.63) is 75.6 Å². The highest BCUT2D eigenvalue weighted by atomic mass is 19.4. The molecule has 2 heterocycles. The van der Waals surface area contributed by atoms with Gasteiger partial charge >= 0.3 is 6.18 Å². The molecule has 0 saturated heterocycles. The Hall–Kier alpha value is -3.55. The van der Waals surface area contributed by atoms with Crippen molar-refractivity contribution in [2.24, 2.45) is 0 Å². The molecule has 0 aliphatic heterocycles. The van der Waals surface area contributed by atoms with Gasteiger partial charge in [0.2, 0.25) is 5.56 Å². The normalized spacial score (nSPS) is 11.8. The van der Waals surface area contributed by atoms with Gasteiger partial charge in [-0.2, -0.15) is 18.3 Å². The van der Waals surface area contributed by atoms with Crippen LogP contribution in [-0.2, 0) is 6.18 Å². The summed E-state index contributed by atoms with van der Waals surface area (Å²) in [6, 6.07) is 12.8. The van der Waals surface area contributed by atoms with E-state index in [0.29, 0.717) is 23.1 Å². The Morgan fingerprint density at radius 2 is 1.70 bits per heavy atom. The summed E-state index contributed by atoms with van der Waals surface area (Å²) >= 11 is 0. The highest BCUT2D eigenvalue weighted by molar-refractivity contribution is 5.96. The number of H-pyrrole nitrogens is 1. The van der Waals surface area contributed by atoms with Crippen molar-refractivity contribution >= 4 is 11.0 Å². The Balaban J connectivity index is 2.22. The lowest BCUT2D eigenvalue weighted by molar-refractivity contribution is -0.136. The maximum absolute atomic E-state index is 13.9. The minimum atomic E-state index is -4.74. The molecule has 0 aliphatic carbocycles. The van der Waals surface area contributed by atoms with E-state index < -0.39 is 17.3 Å². The fourth-order valence-corrected chi connectivity index (χ4v) is 3.70. The van der Waals surface area contributed by atoms with Crippen molar-refractivity contribution < 1.29 is 17.9 Å². The molecule has 0 fully saturated rings. The number of ether oxygens (including phenoxy) is 1. The molecular formula is C22H18F3N3O2. The molecule has 0 saturated carbocycles. The summed E-state index contributed by atoms with van der Waals surface area (Å²) in [7, 11) is 1.44. The number of pyridine rings is 1. The van der Waals surface area contributed by atoms with E-state index in [1.165, 1.54) is 11.8 Å². The van der Waals surface area contributed by atoms with Crippen LogP contribution in [0.5, 0.6) is 5.75 Å². The summed E-state index contributed by atoms with van der Waals surface area (Å²) in [5.74, 6) is 0.380. The molecule has 5 nitrogen and oxygen atoms in total. The Bertz CT molecular complexity index is 1300. The highest BCUT2D eigenvalue weighted by Crippen LogP contribution is 2.41. The molecule has 2 aromatic carbocycles. The molecule has 0 radical (unpaired) electrons. The topological polar surface area (TPSA) is 59.9 Å². The third-order valence-electron chi connectivity index (χ3n) is 4.99. The average molecular weight is 413 g/mol. The van der Waals surface area contributed by atoms with E-state index in [4.69, 9.17) is 4.74 Å². The highest BCUT2D eigenvalue weighted by Gasteiger charge is 2.36. The summed E-state index contributed by atoms with van der Waals surface area (Å²) in [6.45, 7) is 3.68. The average Bonchev–Trinajstić information content (AvgIpc) is 3.05. The monoisotopic (exact) mass is 413 g/mol. The number of halogens is 3. The van der Waals surface area contributed by atoms with Gasteiger partial charge in [-0.1, -0.05) is 30.3 Å². The number of alkyl halides is 3. The zero-order chi connectivity index (χ0) is 21.6. The third kappa shape index (κ3) is 3.14. The van der Waals surface area contributed by atoms with Gasteiger partial charge in [-0.3, -0.25) is 4.79 Å². The molecule has 0 unspecified atom stereocenters. The first kappa shape index (κ1) is 19.8. The van der Waals surface area contributed by atoms with E-state index in [2.05, 4.69) is 10.1 Å². The lowest BCUT2D eigenvalue weighted by atomic mass is 10.0. The van der Waals surface area contributed by atoms with Crippen LogP contribution in [0.1, 0.15) is 16.7 Å². The molecule has 0 spiro atoms. The largest absolute Gasteiger partial charge is 0.496 e. The number of hydrogen-bond donors (Lipinski definition) is 1. The molecule has 8 heteroatoms. The lowest BCUT2D eigenvalue weighted by Crippen LogP contribution is -2.15. The van der Waals surface area contributed by atoms with Gasteiger partial charge in [-0.05, 0) is 37.1 Å². The van der Waals surface area contributed by atoms with Crippen molar-refractivity contribution in [3.8, 4) is 22.7 Å². The van der Waals surface area contributed by atoms with Crippen molar-refractivity contribution in [2.75, 3.05) is 7.11 Å². The Morgan fingerprint density at radius 3 is 2.33 bits per heavy atom. The van der Waals surface area contributed by atoms with Crippen LogP contribution in [0.4, 0.5) is 13.2 Å². The molecule has 154 valence electrons. The number of aromatic nitrogens is 3. The van der Waals surface area contributed by atoms with Crippen molar-refractivity contribution in [2.45, 2.75) is 20.0 Å². The van der Waals surface area contributed by atoms with Crippen molar-refractivity contribution in [3.63, 3.8) is 0 Å². The number of rotatable bonds is 3. The minimum Gasteiger partial charge on any atom is -0.496 e. The van der Waals surface area contributed by atoms with E-state index in [0.717, 1.165) is 11.1 Å².